The highest BCUT2D eigenvalue weighted by molar-refractivity contribution is 5.93. The third kappa shape index (κ3) is 3.59. The fourth-order valence-corrected chi connectivity index (χ4v) is 3.23. The highest BCUT2D eigenvalue weighted by atomic mass is 16.5. The Hall–Kier alpha value is -3.15. The molecule has 0 unspecified atom stereocenters. The number of carbonyl (C=O) groups is 1. The second kappa shape index (κ2) is 7.39. The normalized spacial score (nSPS) is 16.6. The fourth-order valence-electron chi connectivity index (χ4n) is 3.23. The lowest BCUT2D eigenvalue weighted by Gasteiger charge is -2.18. The molecule has 4 rings (SSSR count). The number of pyridine rings is 1. The molecule has 1 aromatic carbocycles. The van der Waals surface area contributed by atoms with Gasteiger partial charge in [0, 0.05) is 49.3 Å². The summed E-state index contributed by atoms with van der Waals surface area (Å²) >= 11 is 0. The Morgan fingerprint density at radius 3 is 2.92 bits per heavy atom. The summed E-state index contributed by atoms with van der Waals surface area (Å²) in [7, 11) is 0. The summed E-state index contributed by atoms with van der Waals surface area (Å²) in [4.78, 5) is 18.7. The Bertz CT molecular complexity index is 864. The molecule has 2 aromatic heterocycles. The van der Waals surface area contributed by atoms with Crippen LogP contribution in [0.2, 0.25) is 0 Å². The van der Waals surface area contributed by atoms with Crippen molar-refractivity contribution in [2.24, 2.45) is 5.92 Å². The van der Waals surface area contributed by atoms with Crippen molar-refractivity contribution in [1.29, 1.82) is 0 Å². The average Bonchev–Trinajstić information content (AvgIpc) is 3.37. The number of hydrogen-bond acceptors (Lipinski definition) is 5. The van der Waals surface area contributed by atoms with Gasteiger partial charge in [-0.1, -0.05) is 23.4 Å². The molecule has 3 aromatic rings. The molecule has 1 N–H and O–H groups in total. The number of hydrogen-bond donors (Lipinski definition) is 1. The predicted molar refractivity (Wildman–Crippen MR) is 98.8 cm³/mol. The number of rotatable bonds is 5. The first-order chi connectivity index (χ1) is 12.8. The Labute approximate surface area is 151 Å². The average molecular weight is 348 g/mol. The molecule has 1 amide bonds. The van der Waals surface area contributed by atoms with Crippen molar-refractivity contribution in [2.75, 3.05) is 24.5 Å². The maximum absolute atomic E-state index is 12.3. The van der Waals surface area contributed by atoms with Gasteiger partial charge in [-0.05, 0) is 36.6 Å². The molecule has 1 saturated heterocycles. The molecule has 0 bridgehead atoms. The summed E-state index contributed by atoms with van der Waals surface area (Å²) in [6.07, 6.45) is 4.43. The molecule has 0 aliphatic carbocycles. The summed E-state index contributed by atoms with van der Waals surface area (Å²) < 4.78 is 5.26. The van der Waals surface area contributed by atoms with Gasteiger partial charge >= 0.3 is 0 Å². The minimum atomic E-state index is -0.206. The molecular formula is C20H20N4O2. The summed E-state index contributed by atoms with van der Waals surface area (Å²) in [5.74, 6) is 0.769. The van der Waals surface area contributed by atoms with Crippen molar-refractivity contribution < 1.29 is 9.32 Å². The Morgan fingerprint density at radius 1 is 1.23 bits per heavy atom. The van der Waals surface area contributed by atoms with E-state index in [0.29, 0.717) is 23.9 Å². The molecular weight excluding hydrogens is 328 g/mol. The smallest absolute Gasteiger partial charge is 0.273 e. The summed E-state index contributed by atoms with van der Waals surface area (Å²) in [5.41, 5.74) is 2.33. The maximum atomic E-state index is 12.3. The second-order valence-electron chi connectivity index (χ2n) is 6.46. The highest BCUT2D eigenvalue weighted by Gasteiger charge is 2.23. The highest BCUT2D eigenvalue weighted by Crippen LogP contribution is 2.23. The standard InChI is InChI=1S/C20H20N4O2/c25-20(18-11-19(26-23-18)16-5-4-9-21-13-16)22-12-15-8-10-24(14-15)17-6-2-1-3-7-17/h1-7,9,11,13,15H,8,10,12,14H2,(H,22,25)/t15-/m1/s1. The van der Waals surface area contributed by atoms with E-state index in [1.165, 1.54) is 5.69 Å². The van der Waals surface area contributed by atoms with Gasteiger partial charge < -0.3 is 14.7 Å². The largest absolute Gasteiger partial charge is 0.371 e. The van der Waals surface area contributed by atoms with Crippen LogP contribution in [-0.2, 0) is 0 Å². The lowest BCUT2D eigenvalue weighted by atomic mass is 10.1. The maximum Gasteiger partial charge on any atom is 0.273 e. The summed E-state index contributed by atoms with van der Waals surface area (Å²) in [5, 5.41) is 6.85. The SMILES string of the molecule is O=C(NC[C@H]1CCN(c2ccccc2)C1)c1cc(-c2cccnc2)on1. The third-order valence-electron chi connectivity index (χ3n) is 4.65. The molecule has 1 aliphatic heterocycles. The number of carbonyl (C=O) groups excluding carboxylic acids is 1. The van der Waals surface area contributed by atoms with Crippen LogP contribution in [0.4, 0.5) is 5.69 Å². The molecule has 3 heterocycles. The first kappa shape index (κ1) is 16.3. The van der Waals surface area contributed by atoms with E-state index in [1.54, 1.807) is 18.5 Å². The molecule has 26 heavy (non-hydrogen) atoms. The van der Waals surface area contributed by atoms with E-state index in [4.69, 9.17) is 4.52 Å². The minimum Gasteiger partial charge on any atom is -0.371 e. The molecule has 1 fully saturated rings. The minimum absolute atomic E-state index is 0.206. The van der Waals surface area contributed by atoms with Gasteiger partial charge in [0.2, 0.25) is 0 Å². The van der Waals surface area contributed by atoms with Crippen LogP contribution in [0.25, 0.3) is 11.3 Å². The van der Waals surface area contributed by atoms with Gasteiger partial charge in [-0.15, -0.1) is 0 Å². The van der Waals surface area contributed by atoms with Gasteiger partial charge in [-0.25, -0.2) is 0 Å². The topological polar surface area (TPSA) is 71.3 Å². The van der Waals surface area contributed by atoms with Crippen LogP contribution >= 0.6 is 0 Å². The Morgan fingerprint density at radius 2 is 2.12 bits per heavy atom. The van der Waals surface area contributed by atoms with Crippen LogP contribution in [0.1, 0.15) is 16.9 Å². The van der Waals surface area contributed by atoms with E-state index in [-0.39, 0.29) is 5.91 Å². The van der Waals surface area contributed by atoms with Gasteiger partial charge in [0.1, 0.15) is 0 Å². The van der Waals surface area contributed by atoms with Crippen LogP contribution in [0.15, 0.2) is 65.4 Å². The molecule has 0 radical (unpaired) electrons. The van der Waals surface area contributed by atoms with Crippen LogP contribution in [0.3, 0.4) is 0 Å². The van der Waals surface area contributed by atoms with Gasteiger partial charge in [-0.2, -0.15) is 0 Å². The van der Waals surface area contributed by atoms with Crippen molar-refractivity contribution in [3.8, 4) is 11.3 Å². The molecule has 0 spiro atoms. The van der Waals surface area contributed by atoms with Crippen LogP contribution in [0, 0.1) is 5.92 Å². The monoisotopic (exact) mass is 348 g/mol. The van der Waals surface area contributed by atoms with Gasteiger partial charge in [0.25, 0.3) is 5.91 Å². The van der Waals surface area contributed by atoms with Crippen molar-refractivity contribution in [2.45, 2.75) is 6.42 Å². The van der Waals surface area contributed by atoms with E-state index < -0.39 is 0 Å². The number of anilines is 1. The van der Waals surface area contributed by atoms with E-state index >= 15 is 0 Å². The third-order valence-corrected chi connectivity index (χ3v) is 4.65. The first-order valence-electron chi connectivity index (χ1n) is 8.75. The number of para-hydroxylation sites is 1. The number of nitrogens with zero attached hydrogens (tertiary/aromatic N) is 3. The zero-order chi connectivity index (χ0) is 17.8. The quantitative estimate of drug-likeness (QED) is 0.767. The number of benzene rings is 1. The molecule has 1 aliphatic rings. The van der Waals surface area contributed by atoms with E-state index in [1.807, 2.05) is 18.2 Å². The Kier molecular flexibility index (Phi) is 4.64. The van der Waals surface area contributed by atoms with Crippen LogP contribution < -0.4 is 10.2 Å². The van der Waals surface area contributed by atoms with E-state index in [2.05, 4.69) is 44.6 Å². The van der Waals surface area contributed by atoms with Crippen molar-refractivity contribution in [1.82, 2.24) is 15.5 Å². The number of aromatic nitrogens is 2. The summed E-state index contributed by atoms with van der Waals surface area (Å²) in [6, 6.07) is 15.7. The number of nitrogens with one attached hydrogen (secondary N) is 1. The van der Waals surface area contributed by atoms with Crippen LogP contribution in [-0.4, -0.2) is 35.7 Å². The first-order valence-corrected chi connectivity index (χ1v) is 8.75. The fraction of sp³-hybridized carbons (Fsp3) is 0.250. The van der Waals surface area contributed by atoms with Gasteiger partial charge in [0.05, 0.1) is 0 Å². The molecule has 1 atom stereocenters. The Balaban J connectivity index is 1.32. The molecule has 6 heteroatoms. The van der Waals surface area contributed by atoms with Gasteiger partial charge in [0.15, 0.2) is 11.5 Å². The van der Waals surface area contributed by atoms with Crippen LogP contribution in [0.5, 0.6) is 0 Å². The molecule has 132 valence electrons. The molecule has 0 saturated carbocycles. The lowest BCUT2D eigenvalue weighted by molar-refractivity contribution is 0.0939. The predicted octanol–water partition coefficient (Wildman–Crippen LogP) is 2.99. The van der Waals surface area contributed by atoms with Gasteiger partial charge in [-0.3, -0.25) is 9.78 Å². The zero-order valence-corrected chi connectivity index (χ0v) is 14.3. The molecule has 6 nitrogen and oxygen atoms in total. The number of amides is 1. The zero-order valence-electron chi connectivity index (χ0n) is 14.3. The van der Waals surface area contributed by atoms with E-state index in [0.717, 1.165) is 25.1 Å². The summed E-state index contributed by atoms with van der Waals surface area (Å²) in [6.45, 7) is 2.60. The van der Waals surface area contributed by atoms with E-state index in [9.17, 15) is 4.79 Å². The van der Waals surface area contributed by atoms with Crippen molar-refractivity contribution in [3.63, 3.8) is 0 Å². The second-order valence-corrected chi connectivity index (χ2v) is 6.46. The van der Waals surface area contributed by atoms with Crippen molar-refractivity contribution in [3.05, 3.63) is 66.6 Å². The van der Waals surface area contributed by atoms with Crippen molar-refractivity contribution >= 4 is 11.6 Å². The lowest BCUT2D eigenvalue weighted by Crippen LogP contribution is -2.31.